The summed E-state index contributed by atoms with van der Waals surface area (Å²) in [6.07, 6.45) is 5.73. The van der Waals surface area contributed by atoms with E-state index >= 15 is 0 Å². The first-order valence-corrected chi connectivity index (χ1v) is 8.12. The molecule has 1 rings (SSSR count). The molecule has 4 heteroatoms. The van der Waals surface area contributed by atoms with Crippen LogP contribution >= 0.6 is 11.8 Å². The Morgan fingerprint density at radius 1 is 1.41 bits per heavy atom. The maximum Gasteiger partial charge on any atom is 0.0469 e. The van der Waals surface area contributed by atoms with Gasteiger partial charge in [0.2, 0.25) is 0 Å². The van der Waals surface area contributed by atoms with E-state index < -0.39 is 0 Å². The summed E-state index contributed by atoms with van der Waals surface area (Å²) in [5.74, 6) is 1.92. The Balaban J connectivity index is 2.57. The average molecular weight is 260 g/mol. The van der Waals surface area contributed by atoms with Crippen molar-refractivity contribution in [2.45, 2.75) is 38.3 Å². The molecule has 102 valence electrons. The van der Waals surface area contributed by atoms with Gasteiger partial charge in [0, 0.05) is 37.6 Å². The fraction of sp³-hybridized carbons (Fsp3) is 1.00. The van der Waals surface area contributed by atoms with Crippen LogP contribution in [0.25, 0.3) is 0 Å². The van der Waals surface area contributed by atoms with Gasteiger partial charge in [0.25, 0.3) is 0 Å². The van der Waals surface area contributed by atoms with Crippen LogP contribution in [-0.4, -0.2) is 55.8 Å². The van der Waals surface area contributed by atoms with Gasteiger partial charge in [-0.3, -0.25) is 4.90 Å². The summed E-state index contributed by atoms with van der Waals surface area (Å²) in [7, 11) is 2.25. The zero-order chi connectivity index (χ0) is 12.7. The average Bonchev–Trinajstić information content (AvgIpc) is 2.38. The van der Waals surface area contributed by atoms with Crippen molar-refractivity contribution in [1.82, 2.24) is 4.90 Å². The molecule has 3 nitrogen and oxygen atoms in total. The van der Waals surface area contributed by atoms with E-state index in [4.69, 9.17) is 10.5 Å². The van der Waals surface area contributed by atoms with Crippen LogP contribution in [0.2, 0.25) is 0 Å². The quantitative estimate of drug-likeness (QED) is 0.758. The molecule has 1 saturated heterocycles. The minimum absolute atomic E-state index is 0.524. The van der Waals surface area contributed by atoms with E-state index in [1.807, 2.05) is 11.8 Å². The van der Waals surface area contributed by atoms with Crippen molar-refractivity contribution in [3.05, 3.63) is 0 Å². The van der Waals surface area contributed by atoms with Gasteiger partial charge in [-0.15, -0.1) is 0 Å². The van der Waals surface area contributed by atoms with Gasteiger partial charge in [0.05, 0.1) is 0 Å². The van der Waals surface area contributed by atoms with Gasteiger partial charge in [-0.05, 0) is 38.5 Å². The minimum atomic E-state index is 0.524. The Morgan fingerprint density at radius 3 is 2.53 bits per heavy atom. The minimum Gasteiger partial charge on any atom is -0.381 e. The Kier molecular flexibility index (Phi) is 7.51. The van der Waals surface area contributed by atoms with Crippen molar-refractivity contribution in [1.29, 1.82) is 0 Å². The first-order valence-electron chi connectivity index (χ1n) is 6.73. The lowest BCUT2D eigenvalue weighted by molar-refractivity contribution is 0.0255. The summed E-state index contributed by atoms with van der Waals surface area (Å²) in [5, 5.41) is 0. The second-order valence-corrected chi connectivity index (χ2v) is 5.85. The Bertz CT molecular complexity index is 198. The van der Waals surface area contributed by atoms with Crippen molar-refractivity contribution in [3.8, 4) is 0 Å². The molecule has 0 spiro atoms. The van der Waals surface area contributed by atoms with E-state index in [1.54, 1.807) is 0 Å². The van der Waals surface area contributed by atoms with E-state index in [9.17, 15) is 0 Å². The molecule has 0 saturated carbocycles. The predicted molar refractivity (Wildman–Crippen MR) is 76.6 cm³/mol. The van der Waals surface area contributed by atoms with E-state index in [2.05, 4.69) is 25.1 Å². The molecule has 1 aliphatic rings. The molecule has 1 fully saturated rings. The SMILES string of the molecule is CCC(CSC)N(C)C(CN)C1CCOCC1. The highest BCUT2D eigenvalue weighted by molar-refractivity contribution is 7.98. The van der Waals surface area contributed by atoms with Crippen molar-refractivity contribution in [2.75, 3.05) is 38.8 Å². The van der Waals surface area contributed by atoms with Crippen LogP contribution in [0.5, 0.6) is 0 Å². The van der Waals surface area contributed by atoms with E-state index in [1.165, 1.54) is 25.0 Å². The number of rotatable bonds is 7. The molecule has 0 aromatic carbocycles. The van der Waals surface area contributed by atoms with Crippen molar-refractivity contribution in [2.24, 2.45) is 11.7 Å². The maximum absolute atomic E-state index is 6.00. The Morgan fingerprint density at radius 2 is 2.06 bits per heavy atom. The number of likely N-dealkylation sites (N-methyl/N-ethyl adjacent to an activating group) is 1. The highest BCUT2D eigenvalue weighted by Crippen LogP contribution is 2.24. The Labute approximate surface area is 110 Å². The molecule has 17 heavy (non-hydrogen) atoms. The lowest BCUT2D eigenvalue weighted by Gasteiger charge is -2.40. The summed E-state index contributed by atoms with van der Waals surface area (Å²) < 4.78 is 5.44. The standard InChI is InChI=1S/C13H28N2OS/c1-4-12(10-17-3)15(2)13(9-14)11-5-7-16-8-6-11/h11-13H,4-10,14H2,1-3H3. The van der Waals surface area contributed by atoms with Crippen molar-refractivity contribution >= 4 is 11.8 Å². The maximum atomic E-state index is 6.00. The molecule has 0 amide bonds. The zero-order valence-electron chi connectivity index (χ0n) is 11.5. The van der Waals surface area contributed by atoms with Crippen molar-refractivity contribution in [3.63, 3.8) is 0 Å². The number of hydrogen-bond donors (Lipinski definition) is 1. The highest BCUT2D eigenvalue weighted by Gasteiger charge is 2.29. The second kappa shape index (κ2) is 8.35. The van der Waals surface area contributed by atoms with Crippen LogP contribution in [0.15, 0.2) is 0 Å². The second-order valence-electron chi connectivity index (χ2n) is 4.94. The molecule has 0 aromatic heterocycles. The summed E-state index contributed by atoms with van der Waals surface area (Å²) in [5.41, 5.74) is 6.00. The third kappa shape index (κ3) is 4.43. The molecule has 0 bridgehead atoms. The summed E-state index contributed by atoms with van der Waals surface area (Å²) in [4.78, 5) is 2.52. The summed E-state index contributed by atoms with van der Waals surface area (Å²) in [6, 6.07) is 1.18. The van der Waals surface area contributed by atoms with Crippen molar-refractivity contribution < 1.29 is 4.74 Å². The largest absolute Gasteiger partial charge is 0.381 e. The molecular formula is C13H28N2OS. The topological polar surface area (TPSA) is 38.5 Å². The van der Waals surface area contributed by atoms with Gasteiger partial charge >= 0.3 is 0 Å². The van der Waals surface area contributed by atoms with Gasteiger partial charge in [-0.25, -0.2) is 0 Å². The first kappa shape index (κ1) is 15.3. The zero-order valence-corrected chi connectivity index (χ0v) is 12.3. The monoisotopic (exact) mass is 260 g/mol. The number of nitrogens with zero attached hydrogens (tertiary/aromatic N) is 1. The summed E-state index contributed by atoms with van der Waals surface area (Å²) in [6.45, 7) is 4.86. The lowest BCUT2D eigenvalue weighted by Crippen LogP contribution is -2.50. The van der Waals surface area contributed by atoms with Gasteiger partial charge in [-0.2, -0.15) is 11.8 Å². The molecule has 2 N–H and O–H groups in total. The molecule has 2 atom stereocenters. The first-order chi connectivity index (χ1) is 8.24. The number of ether oxygens (including phenoxy) is 1. The fourth-order valence-corrected chi connectivity index (χ4v) is 3.63. The van der Waals surface area contributed by atoms with E-state index in [0.29, 0.717) is 12.1 Å². The molecule has 1 aliphatic heterocycles. The Hall–Kier alpha value is 0.230. The third-order valence-electron chi connectivity index (χ3n) is 3.98. The molecule has 0 aromatic rings. The third-order valence-corrected chi connectivity index (χ3v) is 4.70. The lowest BCUT2D eigenvalue weighted by atomic mass is 9.90. The predicted octanol–water partition coefficient (Wildman–Crippen LogP) is 1.81. The number of hydrogen-bond acceptors (Lipinski definition) is 4. The van der Waals surface area contributed by atoms with E-state index in [0.717, 1.165) is 25.7 Å². The van der Waals surface area contributed by atoms with Crippen LogP contribution in [0, 0.1) is 5.92 Å². The molecule has 0 aliphatic carbocycles. The molecule has 1 heterocycles. The van der Waals surface area contributed by atoms with Crippen LogP contribution in [0.1, 0.15) is 26.2 Å². The van der Waals surface area contributed by atoms with Gasteiger partial charge in [0.1, 0.15) is 0 Å². The van der Waals surface area contributed by atoms with Gasteiger partial charge in [-0.1, -0.05) is 6.92 Å². The van der Waals surface area contributed by atoms with Crippen LogP contribution in [0.4, 0.5) is 0 Å². The molecule has 2 unspecified atom stereocenters. The van der Waals surface area contributed by atoms with E-state index in [-0.39, 0.29) is 0 Å². The molecular weight excluding hydrogens is 232 g/mol. The van der Waals surface area contributed by atoms with Gasteiger partial charge in [0.15, 0.2) is 0 Å². The van der Waals surface area contributed by atoms with Crippen LogP contribution < -0.4 is 5.73 Å². The van der Waals surface area contributed by atoms with Crippen LogP contribution in [-0.2, 0) is 4.74 Å². The number of nitrogens with two attached hydrogens (primary N) is 1. The smallest absolute Gasteiger partial charge is 0.0469 e. The van der Waals surface area contributed by atoms with Crippen LogP contribution in [0.3, 0.4) is 0 Å². The normalized spacial score (nSPS) is 21.7. The highest BCUT2D eigenvalue weighted by atomic mass is 32.2. The number of thioether (sulfide) groups is 1. The molecule has 0 radical (unpaired) electrons. The van der Waals surface area contributed by atoms with Gasteiger partial charge < -0.3 is 10.5 Å². The summed E-state index contributed by atoms with van der Waals surface area (Å²) >= 11 is 1.93. The fourth-order valence-electron chi connectivity index (χ4n) is 2.78.